The highest BCUT2D eigenvalue weighted by molar-refractivity contribution is 4.96. The van der Waals surface area contributed by atoms with Crippen LogP contribution in [0.5, 0.6) is 0 Å². The van der Waals surface area contributed by atoms with Crippen molar-refractivity contribution < 1.29 is 0 Å². The molecule has 2 nitrogen and oxygen atoms in total. The van der Waals surface area contributed by atoms with E-state index in [0.717, 1.165) is 35.8 Å². The van der Waals surface area contributed by atoms with Gasteiger partial charge in [0.15, 0.2) is 0 Å². The van der Waals surface area contributed by atoms with Crippen LogP contribution in [0.1, 0.15) is 52.9 Å². The Balaban J connectivity index is 1.59. The molecule has 6 atom stereocenters. The number of piperazine rings is 1. The third-order valence-corrected chi connectivity index (χ3v) is 6.56. The average Bonchev–Trinajstić information content (AvgIpc) is 3.08. The SMILES string of the molecule is CCC(C)C1CN(C(C)C2CC3CCC2C3)CCN1. The molecule has 2 saturated carbocycles. The van der Waals surface area contributed by atoms with Gasteiger partial charge in [0, 0.05) is 31.7 Å². The van der Waals surface area contributed by atoms with Crippen molar-refractivity contribution in [2.45, 2.75) is 65.0 Å². The van der Waals surface area contributed by atoms with Crippen molar-refractivity contribution in [3.8, 4) is 0 Å². The quantitative estimate of drug-likeness (QED) is 0.839. The van der Waals surface area contributed by atoms with E-state index in [1.807, 2.05) is 0 Å². The summed E-state index contributed by atoms with van der Waals surface area (Å²) in [6, 6.07) is 1.55. The molecule has 3 rings (SSSR count). The zero-order valence-corrected chi connectivity index (χ0v) is 13.1. The minimum Gasteiger partial charge on any atom is -0.311 e. The van der Waals surface area contributed by atoms with E-state index >= 15 is 0 Å². The predicted molar refractivity (Wildman–Crippen MR) is 81.2 cm³/mol. The minimum absolute atomic E-state index is 0.722. The molecule has 2 bridgehead atoms. The number of hydrogen-bond acceptors (Lipinski definition) is 2. The number of fused-ring (bicyclic) bond motifs is 2. The number of rotatable bonds is 4. The van der Waals surface area contributed by atoms with Gasteiger partial charge in [0.1, 0.15) is 0 Å². The van der Waals surface area contributed by atoms with Gasteiger partial charge in [-0.1, -0.05) is 26.7 Å². The summed E-state index contributed by atoms with van der Waals surface area (Å²) < 4.78 is 0. The zero-order chi connectivity index (χ0) is 13.4. The highest BCUT2D eigenvalue weighted by Gasteiger charge is 2.43. The van der Waals surface area contributed by atoms with Crippen molar-refractivity contribution in [3.63, 3.8) is 0 Å². The van der Waals surface area contributed by atoms with E-state index in [0.29, 0.717) is 0 Å². The smallest absolute Gasteiger partial charge is 0.0221 e. The summed E-state index contributed by atoms with van der Waals surface area (Å²) in [5.74, 6) is 3.98. The second kappa shape index (κ2) is 5.73. The van der Waals surface area contributed by atoms with Crippen LogP contribution in [-0.2, 0) is 0 Å². The van der Waals surface area contributed by atoms with Gasteiger partial charge in [-0.25, -0.2) is 0 Å². The van der Waals surface area contributed by atoms with E-state index in [-0.39, 0.29) is 0 Å². The molecule has 3 fully saturated rings. The average molecular weight is 264 g/mol. The molecule has 2 aliphatic carbocycles. The first-order chi connectivity index (χ1) is 9.19. The van der Waals surface area contributed by atoms with Gasteiger partial charge >= 0.3 is 0 Å². The molecule has 1 N–H and O–H groups in total. The van der Waals surface area contributed by atoms with Gasteiger partial charge in [-0.15, -0.1) is 0 Å². The number of hydrogen-bond donors (Lipinski definition) is 1. The van der Waals surface area contributed by atoms with Crippen molar-refractivity contribution in [3.05, 3.63) is 0 Å². The number of nitrogens with zero attached hydrogens (tertiary/aromatic N) is 1. The van der Waals surface area contributed by atoms with Gasteiger partial charge in [-0.05, 0) is 49.9 Å². The maximum atomic E-state index is 3.74. The van der Waals surface area contributed by atoms with Crippen LogP contribution < -0.4 is 5.32 Å². The van der Waals surface area contributed by atoms with Gasteiger partial charge in [-0.2, -0.15) is 0 Å². The molecule has 0 amide bonds. The van der Waals surface area contributed by atoms with Crippen LogP contribution in [0.25, 0.3) is 0 Å². The fourth-order valence-electron chi connectivity index (χ4n) is 4.99. The Morgan fingerprint density at radius 3 is 2.68 bits per heavy atom. The second-order valence-corrected chi connectivity index (χ2v) is 7.52. The zero-order valence-electron chi connectivity index (χ0n) is 13.1. The lowest BCUT2D eigenvalue weighted by Crippen LogP contribution is -2.57. The summed E-state index contributed by atoms with van der Waals surface area (Å²) in [6.07, 6.45) is 7.44. The topological polar surface area (TPSA) is 15.3 Å². The fraction of sp³-hybridized carbons (Fsp3) is 1.00. The van der Waals surface area contributed by atoms with E-state index in [9.17, 15) is 0 Å². The van der Waals surface area contributed by atoms with Gasteiger partial charge < -0.3 is 5.32 Å². The first-order valence-electron chi connectivity index (χ1n) is 8.66. The van der Waals surface area contributed by atoms with E-state index < -0.39 is 0 Å². The molecule has 1 aliphatic heterocycles. The molecule has 1 heterocycles. The molecule has 1 saturated heterocycles. The lowest BCUT2D eigenvalue weighted by atomic mass is 9.82. The van der Waals surface area contributed by atoms with Crippen LogP contribution in [0.3, 0.4) is 0 Å². The third kappa shape index (κ3) is 2.71. The summed E-state index contributed by atoms with van der Waals surface area (Å²) in [5.41, 5.74) is 0. The Hall–Kier alpha value is -0.0800. The van der Waals surface area contributed by atoms with Crippen molar-refractivity contribution in [2.24, 2.45) is 23.7 Å². The molecule has 0 aromatic rings. The Morgan fingerprint density at radius 1 is 1.21 bits per heavy atom. The molecule has 110 valence electrons. The molecule has 0 radical (unpaired) electrons. The number of nitrogens with one attached hydrogen (secondary N) is 1. The molecular formula is C17H32N2. The fourth-order valence-corrected chi connectivity index (χ4v) is 4.99. The highest BCUT2D eigenvalue weighted by atomic mass is 15.2. The van der Waals surface area contributed by atoms with Crippen molar-refractivity contribution in [1.82, 2.24) is 10.2 Å². The molecule has 3 aliphatic rings. The molecule has 19 heavy (non-hydrogen) atoms. The second-order valence-electron chi connectivity index (χ2n) is 7.52. The van der Waals surface area contributed by atoms with Crippen LogP contribution in [-0.4, -0.2) is 36.6 Å². The van der Waals surface area contributed by atoms with Crippen LogP contribution in [0.4, 0.5) is 0 Å². The maximum absolute atomic E-state index is 3.74. The Labute approximate surface area is 119 Å². The van der Waals surface area contributed by atoms with Crippen LogP contribution >= 0.6 is 0 Å². The lowest BCUT2D eigenvalue weighted by molar-refractivity contribution is 0.0773. The van der Waals surface area contributed by atoms with Crippen LogP contribution in [0.15, 0.2) is 0 Å². The van der Waals surface area contributed by atoms with Crippen molar-refractivity contribution >= 4 is 0 Å². The van der Waals surface area contributed by atoms with Gasteiger partial charge in [-0.3, -0.25) is 4.90 Å². The Morgan fingerprint density at radius 2 is 2.05 bits per heavy atom. The summed E-state index contributed by atoms with van der Waals surface area (Å²) in [6.45, 7) is 11.0. The monoisotopic (exact) mass is 264 g/mol. The third-order valence-electron chi connectivity index (χ3n) is 6.56. The Bertz CT molecular complexity index is 304. The molecular weight excluding hydrogens is 232 g/mol. The Kier molecular flexibility index (Phi) is 4.19. The standard InChI is InChI=1S/C17H32N2/c1-4-12(2)17-11-19(8-7-18-17)13(3)16-10-14-5-6-15(16)9-14/h12-18H,4-11H2,1-3H3. The maximum Gasteiger partial charge on any atom is 0.0221 e. The van der Waals surface area contributed by atoms with Gasteiger partial charge in [0.25, 0.3) is 0 Å². The highest BCUT2D eigenvalue weighted by Crippen LogP contribution is 2.50. The van der Waals surface area contributed by atoms with E-state index in [4.69, 9.17) is 0 Å². The normalized spacial score (nSPS) is 42.5. The molecule has 0 aromatic heterocycles. The summed E-state index contributed by atoms with van der Waals surface area (Å²) in [4.78, 5) is 2.80. The molecule has 2 heteroatoms. The molecule has 0 spiro atoms. The van der Waals surface area contributed by atoms with E-state index in [2.05, 4.69) is 31.0 Å². The summed E-state index contributed by atoms with van der Waals surface area (Å²) in [5, 5.41) is 3.74. The summed E-state index contributed by atoms with van der Waals surface area (Å²) in [7, 11) is 0. The van der Waals surface area contributed by atoms with Crippen LogP contribution in [0.2, 0.25) is 0 Å². The van der Waals surface area contributed by atoms with Crippen molar-refractivity contribution in [1.29, 1.82) is 0 Å². The lowest BCUT2D eigenvalue weighted by Gasteiger charge is -2.43. The first-order valence-corrected chi connectivity index (χ1v) is 8.66. The summed E-state index contributed by atoms with van der Waals surface area (Å²) >= 11 is 0. The van der Waals surface area contributed by atoms with Gasteiger partial charge in [0.05, 0.1) is 0 Å². The largest absolute Gasteiger partial charge is 0.311 e. The van der Waals surface area contributed by atoms with Crippen molar-refractivity contribution in [2.75, 3.05) is 19.6 Å². The molecule has 6 unspecified atom stereocenters. The minimum atomic E-state index is 0.722. The first kappa shape index (κ1) is 13.9. The molecule has 0 aromatic carbocycles. The van der Waals surface area contributed by atoms with Gasteiger partial charge in [0.2, 0.25) is 0 Å². The van der Waals surface area contributed by atoms with E-state index in [1.165, 1.54) is 45.3 Å². The van der Waals surface area contributed by atoms with Crippen LogP contribution in [0, 0.1) is 23.7 Å². The predicted octanol–water partition coefficient (Wildman–Crippen LogP) is 3.13. The van der Waals surface area contributed by atoms with E-state index in [1.54, 1.807) is 6.42 Å².